The third-order valence-electron chi connectivity index (χ3n) is 10.6. The van der Waals surface area contributed by atoms with E-state index in [4.69, 9.17) is 23.9 Å². The Hall–Kier alpha value is -5.81. The molecule has 1 saturated carbocycles. The van der Waals surface area contributed by atoms with E-state index in [9.17, 15) is 0 Å². The summed E-state index contributed by atoms with van der Waals surface area (Å²) in [7, 11) is 5.12. The first kappa shape index (κ1) is 41.9. The zero-order chi connectivity index (χ0) is 42.3. The first-order valence-electron chi connectivity index (χ1n) is 20.5. The van der Waals surface area contributed by atoms with Gasteiger partial charge in [-0.05, 0) is 142 Å². The smallest absolute Gasteiger partial charge is 0.162 e. The maximum Gasteiger partial charge on any atom is 0.162 e. The van der Waals surface area contributed by atoms with Gasteiger partial charge in [0, 0.05) is 16.7 Å². The highest BCUT2D eigenvalue weighted by atomic mass is 32.1. The van der Waals surface area contributed by atoms with Crippen LogP contribution in [0.4, 0.5) is 0 Å². The fraction of sp³-hybridized carbons (Fsp3) is 0.235. The van der Waals surface area contributed by atoms with Gasteiger partial charge in [0.1, 0.15) is 26.5 Å². The number of ether oxygens (including phenoxy) is 4. The second kappa shape index (κ2) is 19.3. The summed E-state index contributed by atoms with van der Waals surface area (Å²) >= 11 is 5.17. The maximum atomic E-state index is 5.82. The summed E-state index contributed by atoms with van der Waals surface area (Å²) in [4.78, 5) is 14.1. The van der Waals surface area contributed by atoms with Crippen LogP contribution in [0, 0.1) is 6.92 Å². The molecule has 1 aliphatic carbocycles. The fourth-order valence-corrected chi connectivity index (χ4v) is 10.5. The lowest BCUT2D eigenvalue weighted by Crippen LogP contribution is -2.06. The van der Waals surface area contributed by atoms with Crippen LogP contribution in [0.5, 0.6) is 23.0 Å². The number of thiazole rings is 3. The van der Waals surface area contributed by atoms with Crippen LogP contribution in [0.3, 0.4) is 0 Å². The number of methoxy groups -OCH3 is 3. The summed E-state index contributed by atoms with van der Waals surface area (Å²) < 4.78 is 25.7. The summed E-state index contributed by atoms with van der Waals surface area (Å²) in [6, 6.07) is 43.4. The monoisotopic (exact) mass is 863 g/mol. The number of aromatic nitrogens is 3. The first-order chi connectivity index (χ1) is 29.8. The third-order valence-corrected chi connectivity index (χ3v) is 13.8. The van der Waals surface area contributed by atoms with Gasteiger partial charge in [0.2, 0.25) is 0 Å². The Morgan fingerprint density at radius 3 is 1.36 bits per heavy atom. The molecule has 0 atom stereocenters. The maximum absolute atomic E-state index is 5.82. The van der Waals surface area contributed by atoms with Gasteiger partial charge in [-0.2, -0.15) is 0 Å². The van der Waals surface area contributed by atoms with Crippen LogP contribution in [0.25, 0.3) is 62.4 Å². The molecule has 3 aromatic heterocycles. The average Bonchev–Trinajstić information content (AvgIpc) is 4.12. The lowest BCUT2D eigenvalue weighted by Gasteiger charge is -2.15. The molecule has 9 aromatic rings. The van der Waals surface area contributed by atoms with Crippen LogP contribution in [0.2, 0.25) is 0 Å². The number of benzene rings is 6. The molecule has 0 unspecified atom stereocenters. The molecule has 0 saturated heterocycles. The minimum atomic E-state index is 0.101. The minimum absolute atomic E-state index is 0.101. The number of rotatable bonds is 9. The summed E-state index contributed by atoms with van der Waals surface area (Å²) in [6.45, 7) is 6.06. The quantitative estimate of drug-likeness (QED) is 0.143. The van der Waals surface area contributed by atoms with Gasteiger partial charge in [-0.1, -0.05) is 49.2 Å². The van der Waals surface area contributed by atoms with Crippen molar-refractivity contribution in [2.45, 2.75) is 58.5 Å². The second-order valence-corrected chi connectivity index (χ2v) is 18.2. The molecule has 310 valence electrons. The van der Waals surface area contributed by atoms with Gasteiger partial charge in [0.05, 0.1) is 58.1 Å². The Morgan fingerprint density at radius 1 is 0.492 bits per heavy atom. The van der Waals surface area contributed by atoms with Crippen molar-refractivity contribution in [1.29, 1.82) is 0 Å². The summed E-state index contributed by atoms with van der Waals surface area (Å²) in [6.07, 6.45) is 5.32. The molecule has 0 radical (unpaired) electrons. The number of para-hydroxylation sites is 3. The molecular weight excluding hydrogens is 815 g/mol. The van der Waals surface area contributed by atoms with Crippen molar-refractivity contribution in [3.63, 3.8) is 0 Å². The summed E-state index contributed by atoms with van der Waals surface area (Å²) in [5.74, 6) is 4.08. The third kappa shape index (κ3) is 9.73. The van der Waals surface area contributed by atoms with E-state index >= 15 is 0 Å². The number of hydrogen-bond acceptors (Lipinski definition) is 10. The molecule has 61 heavy (non-hydrogen) atoms. The normalized spacial score (nSPS) is 12.6. The van der Waals surface area contributed by atoms with Crippen LogP contribution in [0.15, 0.2) is 127 Å². The number of nitrogens with zero attached hydrogens (tertiary/aromatic N) is 3. The topological polar surface area (TPSA) is 75.6 Å². The molecule has 0 amide bonds. The van der Waals surface area contributed by atoms with Crippen LogP contribution in [-0.2, 0) is 0 Å². The molecule has 0 bridgehead atoms. The van der Waals surface area contributed by atoms with Crippen molar-refractivity contribution >= 4 is 64.7 Å². The van der Waals surface area contributed by atoms with E-state index in [0.29, 0.717) is 5.92 Å². The lowest BCUT2D eigenvalue weighted by molar-refractivity contribution is 0.230. The van der Waals surface area contributed by atoms with Gasteiger partial charge in [-0.3, -0.25) is 0 Å². The lowest BCUT2D eigenvalue weighted by atomic mass is 9.95. The largest absolute Gasteiger partial charge is 0.496 e. The second-order valence-electron chi connectivity index (χ2n) is 15.1. The number of hydrogen-bond donors (Lipinski definition) is 0. The van der Waals surface area contributed by atoms with Gasteiger partial charge in [0.25, 0.3) is 0 Å². The van der Waals surface area contributed by atoms with Crippen molar-refractivity contribution in [2.75, 3.05) is 21.3 Å². The highest BCUT2D eigenvalue weighted by molar-refractivity contribution is 7.22. The highest BCUT2D eigenvalue weighted by Gasteiger charge is 2.22. The Balaban J connectivity index is 0.000000127. The van der Waals surface area contributed by atoms with E-state index in [1.165, 1.54) is 50.9 Å². The van der Waals surface area contributed by atoms with Crippen molar-refractivity contribution in [2.24, 2.45) is 0 Å². The summed E-state index contributed by atoms with van der Waals surface area (Å²) in [5, 5.41) is 3.15. The van der Waals surface area contributed by atoms with Crippen molar-refractivity contribution < 1.29 is 18.9 Å². The minimum Gasteiger partial charge on any atom is -0.496 e. The van der Waals surface area contributed by atoms with Gasteiger partial charge in [0.15, 0.2) is 11.5 Å². The molecule has 3 heterocycles. The zero-order valence-electron chi connectivity index (χ0n) is 35.3. The van der Waals surface area contributed by atoms with Gasteiger partial charge < -0.3 is 18.9 Å². The van der Waals surface area contributed by atoms with E-state index in [0.717, 1.165) is 71.3 Å². The average molecular weight is 864 g/mol. The number of aryl methyl sites for hydroxylation is 1. The van der Waals surface area contributed by atoms with Crippen LogP contribution in [-0.4, -0.2) is 42.4 Å². The van der Waals surface area contributed by atoms with Gasteiger partial charge in [-0.15, -0.1) is 34.0 Å². The van der Waals surface area contributed by atoms with Crippen LogP contribution in [0.1, 0.15) is 56.6 Å². The molecule has 7 nitrogen and oxygen atoms in total. The molecule has 0 spiro atoms. The van der Waals surface area contributed by atoms with Crippen LogP contribution >= 0.6 is 34.0 Å². The van der Waals surface area contributed by atoms with Gasteiger partial charge >= 0.3 is 0 Å². The van der Waals surface area contributed by atoms with E-state index in [1.807, 2.05) is 80.6 Å². The molecule has 10 heteroatoms. The Morgan fingerprint density at radius 2 is 0.918 bits per heavy atom. The summed E-state index contributed by atoms with van der Waals surface area (Å²) in [5.41, 5.74) is 9.07. The van der Waals surface area contributed by atoms with Gasteiger partial charge in [-0.25, -0.2) is 15.0 Å². The zero-order valence-corrected chi connectivity index (χ0v) is 37.8. The van der Waals surface area contributed by atoms with Crippen molar-refractivity contribution in [1.82, 2.24) is 15.0 Å². The molecule has 0 N–H and O–H groups in total. The molecular formula is C51H49N3O4S3. The fourth-order valence-electron chi connectivity index (χ4n) is 7.58. The molecule has 0 aliphatic heterocycles. The number of fused-ring (bicyclic) bond motifs is 3. The molecule has 1 aliphatic rings. The Kier molecular flexibility index (Phi) is 13.2. The Labute approximate surface area is 369 Å². The standard InChI is InChI=1S/C19H19NOS.C17H17NO2S.C15H13NOS/c1-21-17-11-10-14(12-15(17)13-6-2-3-7-13)19-20-16-8-4-5-9-18(16)22-19;1-11(2)20-15-10-12(8-9-14(15)19-3)17-18-13-6-4-5-7-16(13)21-17;1-10-9-11(7-8-13(10)17-2)15-16-12-5-3-4-6-14(12)18-15/h4-5,8-13H,2-3,6-7H2,1H3;4-11H,1-3H3;3-9H,1-2H3. The predicted octanol–water partition coefficient (Wildman–Crippen LogP) is 14.7. The van der Waals surface area contributed by atoms with Crippen molar-refractivity contribution in [3.8, 4) is 54.7 Å². The molecule has 10 rings (SSSR count). The first-order valence-corrected chi connectivity index (χ1v) is 23.0. The highest BCUT2D eigenvalue weighted by Crippen LogP contribution is 2.42. The predicted molar refractivity (Wildman–Crippen MR) is 257 cm³/mol. The Bertz CT molecular complexity index is 2790. The molecule has 1 fully saturated rings. The van der Waals surface area contributed by atoms with E-state index in [2.05, 4.69) is 77.6 Å². The van der Waals surface area contributed by atoms with E-state index < -0.39 is 0 Å². The van der Waals surface area contributed by atoms with E-state index in [1.54, 1.807) is 55.3 Å². The SMILES string of the molecule is COc1ccc(-c2nc3ccccc3s2)cc1C.COc1ccc(-c2nc3ccccc3s2)cc1C1CCCC1.COc1ccc(-c2nc3ccccc3s2)cc1OC(C)C. The van der Waals surface area contributed by atoms with Crippen LogP contribution < -0.4 is 18.9 Å². The van der Waals surface area contributed by atoms with Crippen molar-refractivity contribution in [3.05, 3.63) is 139 Å². The molecule has 6 aromatic carbocycles. The van der Waals surface area contributed by atoms with E-state index in [-0.39, 0.29) is 6.10 Å².